The molecular weight excluding hydrogens is 219 g/mol. The molecule has 2 nitrogen and oxygen atoms in total. The molecule has 0 amide bonds. The predicted octanol–water partition coefficient (Wildman–Crippen LogP) is 2.72. The second-order valence-corrected chi connectivity index (χ2v) is 3.92. The molecule has 1 saturated heterocycles. The average Bonchev–Trinajstić information content (AvgIpc) is 2.38. The van der Waals surface area contributed by atoms with Crippen molar-refractivity contribution in [2.45, 2.75) is 25.6 Å². The van der Waals surface area contributed by atoms with Gasteiger partial charge in [-0.3, -0.25) is 0 Å². The highest BCUT2D eigenvalue weighted by molar-refractivity contribution is 5.33. The van der Waals surface area contributed by atoms with Crippen LogP contribution in [0.3, 0.4) is 0 Å². The van der Waals surface area contributed by atoms with E-state index in [-0.39, 0.29) is 12.1 Å². The van der Waals surface area contributed by atoms with E-state index in [0.29, 0.717) is 6.61 Å². The molecule has 0 radical (unpaired) electrons. The molecule has 1 aliphatic rings. The Kier molecular flexibility index (Phi) is 4.54. The maximum atomic E-state index is 12.6. The van der Waals surface area contributed by atoms with Gasteiger partial charge in [0, 0.05) is 12.2 Å². The van der Waals surface area contributed by atoms with Gasteiger partial charge in [0.15, 0.2) is 6.29 Å². The Hall–Kier alpha value is -1.37. The molecule has 1 unspecified atom stereocenters. The van der Waals surface area contributed by atoms with Gasteiger partial charge < -0.3 is 9.47 Å². The summed E-state index contributed by atoms with van der Waals surface area (Å²) in [5, 5.41) is 0. The standard InChI is InChI=1S/C14H15FO2/c15-13-8-6-12(7-9-13)4-3-11-17-14-5-1-2-10-16-14/h6-9,14H,1-2,5,10-11H2. The third-order valence-electron chi connectivity index (χ3n) is 2.56. The molecule has 0 aliphatic carbocycles. The summed E-state index contributed by atoms with van der Waals surface area (Å²) < 4.78 is 23.5. The normalized spacial score (nSPS) is 19.5. The topological polar surface area (TPSA) is 18.5 Å². The van der Waals surface area contributed by atoms with Gasteiger partial charge in [-0.05, 0) is 43.5 Å². The Morgan fingerprint density at radius 2 is 2.12 bits per heavy atom. The van der Waals surface area contributed by atoms with E-state index < -0.39 is 0 Å². The highest BCUT2D eigenvalue weighted by Crippen LogP contribution is 2.13. The SMILES string of the molecule is Fc1ccc(C#CCOC2CCCCO2)cc1. The summed E-state index contributed by atoms with van der Waals surface area (Å²) in [5.41, 5.74) is 0.791. The first kappa shape index (κ1) is 12.1. The van der Waals surface area contributed by atoms with E-state index in [9.17, 15) is 4.39 Å². The largest absolute Gasteiger partial charge is 0.353 e. The van der Waals surface area contributed by atoms with Gasteiger partial charge in [-0.25, -0.2) is 4.39 Å². The van der Waals surface area contributed by atoms with Crippen molar-refractivity contribution < 1.29 is 13.9 Å². The Balaban J connectivity index is 1.76. The van der Waals surface area contributed by atoms with E-state index >= 15 is 0 Å². The smallest absolute Gasteiger partial charge is 0.158 e. The summed E-state index contributed by atoms with van der Waals surface area (Å²) in [7, 11) is 0. The molecule has 0 aromatic heterocycles. The molecule has 3 heteroatoms. The number of halogens is 1. The molecule has 0 bridgehead atoms. The van der Waals surface area contributed by atoms with Crippen molar-refractivity contribution in [3.05, 3.63) is 35.6 Å². The Morgan fingerprint density at radius 3 is 2.82 bits per heavy atom. The van der Waals surface area contributed by atoms with Crippen LogP contribution in [0, 0.1) is 17.7 Å². The zero-order chi connectivity index (χ0) is 11.9. The Labute approximate surface area is 101 Å². The molecule has 17 heavy (non-hydrogen) atoms. The van der Waals surface area contributed by atoms with Crippen LogP contribution in [0.5, 0.6) is 0 Å². The summed E-state index contributed by atoms with van der Waals surface area (Å²) >= 11 is 0. The van der Waals surface area contributed by atoms with E-state index in [0.717, 1.165) is 31.4 Å². The van der Waals surface area contributed by atoms with Gasteiger partial charge in [0.1, 0.15) is 12.4 Å². The fourth-order valence-corrected chi connectivity index (χ4v) is 1.65. The van der Waals surface area contributed by atoms with Crippen molar-refractivity contribution in [1.82, 2.24) is 0 Å². The van der Waals surface area contributed by atoms with Crippen molar-refractivity contribution in [3.63, 3.8) is 0 Å². The Morgan fingerprint density at radius 1 is 1.29 bits per heavy atom. The third-order valence-corrected chi connectivity index (χ3v) is 2.56. The zero-order valence-corrected chi connectivity index (χ0v) is 9.62. The summed E-state index contributed by atoms with van der Waals surface area (Å²) in [4.78, 5) is 0. The molecule has 2 rings (SSSR count). The monoisotopic (exact) mass is 234 g/mol. The second-order valence-electron chi connectivity index (χ2n) is 3.92. The quantitative estimate of drug-likeness (QED) is 0.732. The molecule has 90 valence electrons. The van der Waals surface area contributed by atoms with Crippen molar-refractivity contribution in [1.29, 1.82) is 0 Å². The van der Waals surface area contributed by atoms with Crippen LogP contribution in [0.1, 0.15) is 24.8 Å². The van der Waals surface area contributed by atoms with Gasteiger partial charge in [0.2, 0.25) is 0 Å². The van der Waals surface area contributed by atoms with E-state index in [2.05, 4.69) is 11.8 Å². The van der Waals surface area contributed by atoms with Crippen LogP contribution < -0.4 is 0 Å². The second kappa shape index (κ2) is 6.39. The maximum absolute atomic E-state index is 12.6. The lowest BCUT2D eigenvalue weighted by Crippen LogP contribution is -2.22. The first-order valence-electron chi connectivity index (χ1n) is 5.82. The summed E-state index contributed by atoms with van der Waals surface area (Å²) in [6, 6.07) is 6.10. The lowest BCUT2D eigenvalue weighted by atomic mass is 10.2. The van der Waals surface area contributed by atoms with Crippen molar-refractivity contribution in [2.75, 3.05) is 13.2 Å². The van der Waals surface area contributed by atoms with Gasteiger partial charge in [-0.1, -0.05) is 11.8 Å². The van der Waals surface area contributed by atoms with E-state index in [1.165, 1.54) is 12.1 Å². The molecule has 1 aromatic rings. The van der Waals surface area contributed by atoms with Crippen LogP contribution in [0.4, 0.5) is 4.39 Å². The van der Waals surface area contributed by atoms with Crippen LogP contribution in [0.25, 0.3) is 0 Å². The predicted molar refractivity (Wildman–Crippen MR) is 62.8 cm³/mol. The number of ether oxygens (including phenoxy) is 2. The molecule has 1 aliphatic heterocycles. The molecule has 1 atom stereocenters. The average molecular weight is 234 g/mol. The lowest BCUT2D eigenvalue weighted by molar-refractivity contribution is -0.154. The van der Waals surface area contributed by atoms with Crippen molar-refractivity contribution in [3.8, 4) is 11.8 Å². The fourth-order valence-electron chi connectivity index (χ4n) is 1.65. The number of hydrogen-bond donors (Lipinski definition) is 0. The maximum Gasteiger partial charge on any atom is 0.158 e. The molecule has 0 N–H and O–H groups in total. The highest BCUT2D eigenvalue weighted by atomic mass is 19.1. The Bertz CT molecular complexity index is 396. The number of rotatable bonds is 2. The van der Waals surface area contributed by atoms with Gasteiger partial charge in [0.25, 0.3) is 0 Å². The minimum atomic E-state index is -0.248. The highest BCUT2D eigenvalue weighted by Gasteiger charge is 2.12. The van der Waals surface area contributed by atoms with E-state index in [4.69, 9.17) is 9.47 Å². The molecule has 1 aromatic carbocycles. The molecule has 0 saturated carbocycles. The summed E-state index contributed by atoms with van der Waals surface area (Å²) in [5.74, 6) is 5.56. The van der Waals surface area contributed by atoms with Crippen LogP contribution in [0.15, 0.2) is 24.3 Å². The number of benzene rings is 1. The summed E-state index contributed by atoms with van der Waals surface area (Å²) in [6.07, 6.45) is 3.10. The molecule has 1 fully saturated rings. The lowest BCUT2D eigenvalue weighted by Gasteiger charge is -2.21. The van der Waals surface area contributed by atoms with Crippen molar-refractivity contribution >= 4 is 0 Å². The summed E-state index contributed by atoms with van der Waals surface area (Å²) in [6.45, 7) is 1.12. The first-order valence-corrected chi connectivity index (χ1v) is 5.82. The van der Waals surface area contributed by atoms with Crippen LogP contribution in [-0.4, -0.2) is 19.5 Å². The zero-order valence-electron chi connectivity index (χ0n) is 9.62. The van der Waals surface area contributed by atoms with Gasteiger partial charge in [0.05, 0.1) is 0 Å². The van der Waals surface area contributed by atoms with Crippen LogP contribution >= 0.6 is 0 Å². The van der Waals surface area contributed by atoms with Crippen LogP contribution in [-0.2, 0) is 9.47 Å². The third kappa shape index (κ3) is 4.18. The van der Waals surface area contributed by atoms with E-state index in [1.807, 2.05) is 0 Å². The molecule has 0 spiro atoms. The van der Waals surface area contributed by atoms with Gasteiger partial charge >= 0.3 is 0 Å². The van der Waals surface area contributed by atoms with Crippen LogP contribution in [0.2, 0.25) is 0 Å². The van der Waals surface area contributed by atoms with Gasteiger partial charge in [-0.15, -0.1) is 0 Å². The fraction of sp³-hybridized carbons (Fsp3) is 0.429. The molecular formula is C14H15FO2. The first-order chi connectivity index (χ1) is 8.34. The minimum absolute atomic E-state index is 0.105. The van der Waals surface area contributed by atoms with Gasteiger partial charge in [-0.2, -0.15) is 0 Å². The molecule has 1 heterocycles. The number of hydrogen-bond acceptors (Lipinski definition) is 2. The minimum Gasteiger partial charge on any atom is -0.353 e. The van der Waals surface area contributed by atoms with Crippen molar-refractivity contribution in [2.24, 2.45) is 0 Å². The van der Waals surface area contributed by atoms with E-state index in [1.54, 1.807) is 12.1 Å².